The Morgan fingerprint density at radius 2 is 1.94 bits per heavy atom. The summed E-state index contributed by atoms with van der Waals surface area (Å²) in [6, 6.07) is 6.44. The lowest BCUT2D eigenvalue weighted by molar-refractivity contribution is -0.260. The van der Waals surface area contributed by atoms with Crippen LogP contribution in [0.2, 0.25) is 0 Å². The molecule has 2 aromatic rings. The minimum Gasteiger partial charge on any atom is -0.262 e. The Hall–Kier alpha value is -2.38. The van der Waals surface area contributed by atoms with Crippen LogP contribution in [0, 0.1) is 0 Å². The van der Waals surface area contributed by atoms with E-state index in [2.05, 4.69) is 15.0 Å². The van der Waals surface area contributed by atoms with Crippen LogP contribution >= 0.6 is 0 Å². The predicted octanol–water partition coefficient (Wildman–Crippen LogP) is 0.759. The summed E-state index contributed by atoms with van der Waals surface area (Å²) >= 11 is 0. The highest BCUT2D eigenvalue weighted by Gasteiger charge is 2.14. The van der Waals surface area contributed by atoms with Gasteiger partial charge in [0.05, 0.1) is 0 Å². The Morgan fingerprint density at radius 3 is 2.59 bits per heavy atom. The van der Waals surface area contributed by atoms with Crippen molar-refractivity contribution in [3.8, 4) is 11.5 Å². The van der Waals surface area contributed by atoms with Crippen molar-refractivity contribution in [2.75, 3.05) is 0 Å². The topological polar surface area (TPSA) is 99.4 Å². The summed E-state index contributed by atoms with van der Waals surface area (Å²) < 4.78 is 0. The van der Waals surface area contributed by atoms with Gasteiger partial charge in [-0.1, -0.05) is 11.3 Å². The summed E-state index contributed by atoms with van der Waals surface area (Å²) in [5.74, 6) is -0.803. The molecular weight excluding hydrogens is 224 g/mol. The maximum atomic E-state index is 11.2. The molecule has 1 amide bonds. The summed E-state index contributed by atoms with van der Waals surface area (Å²) in [5, 5.41) is 16.7. The molecule has 0 bridgehead atoms. The molecule has 0 spiro atoms. The van der Waals surface area contributed by atoms with E-state index in [0.717, 1.165) is 0 Å². The van der Waals surface area contributed by atoms with Gasteiger partial charge in [0.2, 0.25) is 0 Å². The van der Waals surface area contributed by atoms with Crippen molar-refractivity contribution in [2.45, 2.75) is 0 Å². The first-order valence-corrected chi connectivity index (χ1v) is 4.65. The first-order chi connectivity index (χ1) is 8.18. The van der Waals surface area contributed by atoms with Gasteiger partial charge in [0.25, 0.3) is 0 Å². The van der Waals surface area contributed by atoms with Crippen LogP contribution in [0.3, 0.4) is 0 Å². The number of hydroxylamine groups is 2. The van der Waals surface area contributed by atoms with E-state index in [-0.39, 0.29) is 11.5 Å². The van der Waals surface area contributed by atoms with Gasteiger partial charge in [-0.3, -0.25) is 20.2 Å². The van der Waals surface area contributed by atoms with E-state index in [4.69, 9.17) is 10.4 Å². The Balaban J connectivity index is 2.39. The number of pyridine rings is 1. The number of hydrogen-bond acceptors (Lipinski definition) is 6. The number of rotatable bonds is 2. The molecule has 2 rings (SSSR count). The molecule has 0 radical (unpaired) electrons. The van der Waals surface area contributed by atoms with Gasteiger partial charge in [-0.2, -0.15) is 0 Å². The highest BCUT2D eigenvalue weighted by atomic mass is 16.8. The molecule has 7 heteroatoms. The zero-order valence-corrected chi connectivity index (χ0v) is 8.56. The molecule has 0 unspecified atom stereocenters. The maximum absolute atomic E-state index is 11.2. The van der Waals surface area contributed by atoms with Gasteiger partial charge in [0, 0.05) is 12.4 Å². The minimum atomic E-state index is -1.04. The van der Waals surface area contributed by atoms with Gasteiger partial charge in [-0.25, -0.2) is 9.97 Å². The van der Waals surface area contributed by atoms with Crippen molar-refractivity contribution in [1.82, 2.24) is 20.2 Å². The number of nitrogens with zero attached hydrogens (tertiary/aromatic N) is 4. The summed E-state index contributed by atoms with van der Waals surface area (Å²) in [4.78, 5) is 23.1. The van der Waals surface area contributed by atoms with Gasteiger partial charge in [-0.15, -0.1) is 0 Å². The first kappa shape index (κ1) is 11.1. The SMILES string of the molecule is O=C(c1ccnc(-c2ccccn2)n1)N(O)O. The zero-order chi connectivity index (χ0) is 12.3. The molecule has 0 aliphatic heterocycles. The van der Waals surface area contributed by atoms with Crippen LogP contribution in [0.1, 0.15) is 10.5 Å². The van der Waals surface area contributed by atoms with Crippen molar-refractivity contribution in [2.24, 2.45) is 0 Å². The molecule has 0 aliphatic rings. The van der Waals surface area contributed by atoms with Gasteiger partial charge >= 0.3 is 5.91 Å². The number of amides is 1. The lowest BCUT2D eigenvalue weighted by Gasteiger charge is -2.05. The molecule has 2 N–H and O–H groups in total. The van der Waals surface area contributed by atoms with E-state index < -0.39 is 11.1 Å². The number of hydrogen-bond donors (Lipinski definition) is 2. The van der Waals surface area contributed by atoms with Crippen LogP contribution in [0.4, 0.5) is 0 Å². The minimum absolute atomic E-state index is 0.134. The molecule has 0 aliphatic carbocycles. The molecule has 7 nitrogen and oxygen atoms in total. The molecule has 0 saturated carbocycles. The number of carbonyl (C=O) groups is 1. The number of aromatic nitrogens is 3. The van der Waals surface area contributed by atoms with E-state index in [1.54, 1.807) is 24.4 Å². The highest BCUT2D eigenvalue weighted by molar-refractivity contribution is 5.90. The van der Waals surface area contributed by atoms with Crippen LogP contribution in [0.25, 0.3) is 11.5 Å². The van der Waals surface area contributed by atoms with Crippen molar-refractivity contribution >= 4 is 5.91 Å². The average Bonchev–Trinajstić information content (AvgIpc) is 2.39. The molecule has 0 fully saturated rings. The third kappa shape index (κ3) is 2.41. The number of carbonyl (C=O) groups excluding carboxylic acids is 1. The van der Waals surface area contributed by atoms with Crippen molar-refractivity contribution < 1.29 is 15.2 Å². The van der Waals surface area contributed by atoms with E-state index in [1.807, 2.05) is 0 Å². The van der Waals surface area contributed by atoms with Gasteiger partial charge < -0.3 is 0 Å². The van der Waals surface area contributed by atoms with Crippen molar-refractivity contribution in [3.63, 3.8) is 0 Å². The Labute approximate surface area is 95.9 Å². The average molecular weight is 232 g/mol. The smallest absolute Gasteiger partial charge is 0.262 e. The van der Waals surface area contributed by atoms with E-state index in [1.165, 1.54) is 12.3 Å². The second-order valence-electron chi connectivity index (χ2n) is 3.08. The molecule has 17 heavy (non-hydrogen) atoms. The second kappa shape index (κ2) is 4.64. The van der Waals surface area contributed by atoms with Gasteiger partial charge in [0.1, 0.15) is 11.4 Å². The first-order valence-electron chi connectivity index (χ1n) is 4.65. The molecular formula is C10H8N4O3. The third-order valence-electron chi connectivity index (χ3n) is 1.95. The van der Waals surface area contributed by atoms with Crippen molar-refractivity contribution in [1.29, 1.82) is 0 Å². The lowest BCUT2D eigenvalue weighted by Crippen LogP contribution is -2.24. The van der Waals surface area contributed by atoms with Gasteiger partial charge in [0.15, 0.2) is 5.82 Å². The fraction of sp³-hybridized carbons (Fsp3) is 0. The summed E-state index contributed by atoms with van der Waals surface area (Å²) in [5.41, 5.74) is 0.357. The summed E-state index contributed by atoms with van der Waals surface area (Å²) in [6.07, 6.45) is 2.91. The Bertz CT molecular complexity index is 530. The van der Waals surface area contributed by atoms with Crippen LogP contribution in [0.15, 0.2) is 36.7 Å². The van der Waals surface area contributed by atoms with Gasteiger partial charge in [-0.05, 0) is 18.2 Å². The maximum Gasteiger partial charge on any atom is 0.321 e. The third-order valence-corrected chi connectivity index (χ3v) is 1.95. The van der Waals surface area contributed by atoms with Crippen LogP contribution < -0.4 is 0 Å². The molecule has 2 aromatic heterocycles. The molecule has 2 heterocycles. The quantitative estimate of drug-likeness (QED) is 0.585. The standard InChI is InChI=1S/C10H8N4O3/c15-10(14(16)17)8-4-6-12-9(13-8)7-3-1-2-5-11-7/h1-6,16-17H. The zero-order valence-electron chi connectivity index (χ0n) is 8.56. The summed E-state index contributed by atoms with van der Waals surface area (Å²) in [6.45, 7) is 0. The molecule has 86 valence electrons. The molecule has 0 atom stereocenters. The van der Waals surface area contributed by atoms with E-state index in [9.17, 15) is 4.79 Å². The fourth-order valence-corrected chi connectivity index (χ4v) is 1.20. The largest absolute Gasteiger partial charge is 0.321 e. The Kier molecular flexibility index (Phi) is 3.03. The second-order valence-corrected chi connectivity index (χ2v) is 3.08. The fourth-order valence-electron chi connectivity index (χ4n) is 1.20. The van der Waals surface area contributed by atoms with Crippen LogP contribution in [-0.4, -0.2) is 36.5 Å². The Morgan fingerprint density at radius 1 is 1.12 bits per heavy atom. The lowest BCUT2D eigenvalue weighted by atomic mass is 10.3. The highest BCUT2D eigenvalue weighted by Crippen LogP contribution is 2.10. The van der Waals surface area contributed by atoms with E-state index >= 15 is 0 Å². The van der Waals surface area contributed by atoms with Crippen molar-refractivity contribution in [3.05, 3.63) is 42.4 Å². The monoisotopic (exact) mass is 232 g/mol. The molecule has 0 aromatic carbocycles. The van der Waals surface area contributed by atoms with Crippen LogP contribution in [-0.2, 0) is 0 Å². The molecule has 0 saturated heterocycles. The van der Waals surface area contributed by atoms with Crippen LogP contribution in [0.5, 0.6) is 0 Å². The normalized spacial score (nSPS) is 10.0. The summed E-state index contributed by atoms with van der Waals surface area (Å²) in [7, 11) is 0. The van der Waals surface area contributed by atoms with E-state index in [0.29, 0.717) is 5.69 Å². The predicted molar refractivity (Wildman–Crippen MR) is 55.0 cm³/mol.